The Bertz CT molecular complexity index is 238. The van der Waals surface area contributed by atoms with E-state index >= 15 is 0 Å². The molecule has 0 bridgehead atoms. The van der Waals surface area contributed by atoms with Gasteiger partial charge in [-0.25, -0.2) is 0 Å². The number of carboxylic acids is 1. The standard InChI is InChI=1S/C15H28O4/c1-2-15(18)19-13-11-9-7-5-3-4-6-8-10-12-14(16)17/h2-13H2,1H3,(H,16,17)/p-1. The largest absolute Gasteiger partial charge is 0.550 e. The quantitative estimate of drug-likeness (QED) is 0.381. The van der Waals surface area contributed by atoms with Crippen molar-refractivity contribution in [3.63, 3.8) is 0 Å². The topological polar surface area (TPSA) is 66.4 Å². The molecule has 0 radical (unpaired) electrons. The van der Waals surface area contributed by atoms with Crippen LogP contribution in [0.25, 0.3) is 0 Å². The van der Waals surface area contributed by atoms with Crippen molar-refractivity contribution in [1.82, 2.24) is 0 Å². The van der Waals surface area contributed by atoms with E-state index in [1.807, 2.05) is 0 Å². The first-order chi connectivity index (χ1) is 9.16. The fourth-order valence-electron chi connectivity index (χ4n) is 1.90. The van der Waals surface area contributed by atoms with Crippen LogP contribution in [-0.4, -0.2) is 18.5 Å². The summed E-state index contributed by atoms with van der Waals surface area (Å²) in [6, 6.07) is 0. The van der Waals surface area contributed by atoms with Crippen LogP contribution in [0, 0.1) is 0 Å². The number of carbonyl (C=O) groups excluding carboxylic acids is 2. The maximum absolute atomic E-state index is 10.9. The van der Waals surface area contributed by atoms with E-state index in [-0.39, 0.29) is 12.4 Å². The Kier molecular flexibility index (Phi) is 12.6. The molecule has 0 spiro atoms. The van der Waals surface area contributed by atoms with Crippen molar-refractivity contribution in [3.8, 4) is 0 Å². The SMILES string of the molecule is CCC(=O)OCCCCCCCCCCCC(=O)[O-]. The highest BCUT2D eigenvalue weighted by molar-refractivity contribution is 5.68. The van der Waals surface area contributed by atoms with Gasteiger partial charge in [0, 0.05) is 12.4 Å². The van der Waals surface area contributed by atoms with Crippen LogP contribution in [0.5, 0.6) is 0 Å². The third-order valence-corrected chi connectivity index (χ3v) is 3.08. The van der Waals surface area contributed by atoms with E-state index in [0.29, 0.717) is 13.0 Å². The maximum atomic E-state index is 10.9. The molecule has 0 rings (SSSR count). The summed E-state index contributed by atoms with van der Waals surface area (Å²) >= 11 is 0. The number of rotatable bonds is 13. The Hall–Kier alpha value is -1.06. The van der Waals surface area contributed by atoms with Gasteiger partial charge in [-0.1, -0.05) is 51.9 Å². The molecule has 0 aliphatic rings. The molecular formula is C15H27O4-. The van der Waals surface area contributed by atoms with Crippen LogP contribution in [0.3, 0.4) is 0 Å². The van der Waals surface area contributed by atoms with E-state index in [2.05, 4.69) is 0 Å². The molecule has 0 aliphatic heterocycles. The lowest BCUT2D eigenvalue weighted by Crippen LogP contribution is -2.21. The van der Waals surface area contributed by atoms with Gasteiger partial charge in [-0.2, -0.15) is 0 Å². The van der Waals surface area contributed by atoms with Crippen molar-refractivity contribution in [1.29, 1.82) is 0 Å². The number of carbonyl (C=O) groups is 2. The Morgan fingerprint density at radius 3 is 1.79 bits per heavy atom. The third-order valence-electron chi connectivity index (χ3n) is 3.08. The predicted octanol–water partition coefficient (Wildman–Crippen LogP) is 2.59. The molecule has 0 N–H and O–H groups in total. The first-order valence-corrected chi connectivity index (χ1v) is 7.52. The van der Waals surface area contributed by atoms with Crippen LogP contribution in [0.4, 0.5) is 0 Å². The summed E-state index contributed by atoms with van der Waals surface area (Å²) in [5.41, 5.74) is 0. The molecule has 0 saturated carbocycles. The van der Waals surface area contributed by atoms with Crippen LogP contribution >= 0.6 is 0 Å². The molecule has 0 fully saturated rings. The van der Waals surface area contributed by atoms with E-state index < -0.39 is 5.97 Å². The molecular weight excluding hydrogens is 244 g/mol. The highest BCUT2D eigenvalue weighted by atomic mass is 16.5. The molecule has 0 aromatic carbocycles. The molecule has 112 valence electrons. The van der Waals surface area contributed by atoms with Crippen LogP contribution < -0.4 is 5.11 Å². The first kappa shape index (κ1) is 17.9. The van der Waals surface area contributed by atoms with E-state index in [1.165, 1.54) is 25.7 Å². The van der Waals surface area contributed by atoms with Crippen molar-refractivity contribution >= 4 is 11.9 Å². The van der Waals surface area contributed by atoms with Crippen LogP contribution in [0.1, 0.15) is 77.6 Å². The summed E-state index contributed by atoms with van der Waals surface area (Å²) in [5.74, 6) is -1.06. The van der Waals surface area contributed by atoms with Gasteiger partial charge < -0.3 is 14.6 Å². The summed E-state index contributed by atoms with van der Waals surface area (Å²) in [6.45, 7) is 2.35. The van der Waals surface area contributed by atoms with Gasteiger partial charge in [-0.15, -0.1) is 0 Å². The molecule has 0 atom stereocenters. The Balaban J connectivity index is 3.03. The molecule has 0 aliphatic carbocycles. The molecule has 0 aromatic heterocycles. The highest BCUT2D eigenvalue weighted by Crippen LogP contribution is 2.10. The monoisotopic (exact) mass is 271 g/mol. The first-order valence-electron chi connectivity index (χ1n) is 7.52. The summed E-state index contributed by atoms with van der Waals surface area (Å²) in [6.07, 6.45) is 10.3. The number of carboxylic acid groups (broad SMARTS) is 1. The zero-order chi connectivity index (χ0) is 14.3. The molecule has 0 saturated heterocycles. The van der Waals surface area contributed by atoms with Crippen molar-refractivity contribution in [2.75, 3.05) is 6.61 Å². The van der Waals surface area contributed by atoms with Gasteiger partial charge in [0.2, 0.25) is 0 Å². The predicted molar refractivity (Wildman–Crippen MR) is 72.4 cm³/mol. The highest BCUT2D eigenvalue weighted by Gasteiger charge is 1.97. The second kappa shape index (κ2) is 13.4. The summed E-state index contributed by atoms with van der Waals surface area (Å²) in [4.78, 5) is 21.0. The van der Waals surface area contributed by atoms with E-state index in [4.69, 9.17) is 4.74 Å². The number of ether oxygens (including phenoxy) is 1. The fourth-order valence-corrected chi connectivity index (χ4v) is 1.90. The number of unbranched alkanes of at least 4 members (excludes halogenated alkanes) is 8. The van der Waals surface area contributed by atoms with Gasteiger partial charge >= 0.3 is 5.97 Å². The molecule has 4 heteroatoms. The molecule has 0 aromatic rings. The molecule has 0 unspecified atom stereocenters. The van der Waals surface area contributed by atoms with Crippen molar-refractivity contribution in [3.05, 3.63) is 0 Å². The van der Waals surface area contributed by atoms with E-state index in [1.54, 1.807) is 6.92 Å². The summed E-state index contributed by atoms with van der Waals surface area (Å²) in [7, 11) is 0. The Labute approximate surface area is 116 Å². The minimum Gasteiger partial charge on any atom is -0.550 e. The number of hydrogen-bond donors (Lipinski definition) is 0. The number of esters is 1. The zero-order valence-electron chi connectivity index (χ0n) is 12.1. The fraction of sp³-hybridized carbons (Fsp3) is 0.867. The number of aliphatic carboxylic acids is 1. The van der Waals surface area contributed by atoms with Crippen LogP contribution in [0.15, 0.2) is 0 Å². The van der Waals surface area contributed by atoms with Gasteiger partial charge in [-0.05, 0) is 19.3 Å². The van der Waals surface area contributed by atoms with Crippen molar-refractivity contribution < 1.29 is 19.4 Å². The Morgan fingerprint density at radius 2 is 1.32 bits per heavy atom. The Morgan fingerprint density at radius 1 is 0.842 bits per heavy atom. The summed E-state index contributed by atoms with van der Waals surface area (Å²) < 4.78 is 4.99. The van der Waals surface area contributed by atoms with E-state index in [9.17, 15) is 14.7 Å². The lowest BCUT2D eigenvalue weighted by atomic mass is 10.1. The minimum atomic E-state index is -0.941. The maximum Gasteiger partial charge on any atom is 0.305 e. The van der Waals surface area contributed by atoms with Gasteiger partial charge in [0.25, 0.3) is 0 Å². The zero-order valence-corrected chi connectivity index (χ0v) is 12.1. The number of hydrogen-bond acceptors (Lipinski definition) is 4. The molecule has 4 nitrogen and oxygen atoms in total. The van der Waals surface area contributed by atoms with Crippen molar-refractivity contribution in [2.45, 2.75) is 77.6 Å². The summed E-state index contributed by atoms with van der Waals surface area (Å²) in [5, 5.41) is 10.2. The minimum absolute atomic E-state index is 0.114. The molecule has 0 amide bonds. The average molecular weight is 271 g/mol. The average Bonchev–Trinajstić information content (AvgIpc) is 2.39. The van der Waals surface area contributed by atoms with Gasteiger partial charge in [0.05, 0.1) is 6.61 Å². The van der Waals surface area contributed by atoms with Crippen LogP contribution in [-0.2, 0) is 14.3 Å². The van der Waals surface area contributed by atoms with Crippen molar-refractivity contribution in [2.24, 2.45) is 0 Å². The normalized spacial score (nSPS) is 10.4. The second-order valence-corrected chi connectivity index (χ2v) is 4.88. The lowest BCUT2D eigenvalue weighted by molar-refractivity contribution is -0.305. The van der Waals surface area contributed by atoms with Gasteiger partial charge in [0.15, 0.2) is 0 Å². The molecule has 19 heavy (non-hydrogen) atoms. The molecule has 0 heterocycles. The van der Waals surface area contributed by atoms with E-state index in [0.717, 1.165) is 32.1 Å². The second-order valence-electron chi connectivity index (χ2n) is 4.88. The van der Waals surface area contributed by atoms with Gasteiger partial charge in [0.1, 0.15) is 0 Å². The van der Waals surface area contributed by atoms with Gasteiger partial charge in [-0.3, -0.25) is 4.79 Å². The lowest BCUT2D eigenvalue weighted by Gasteiger charge is -2.04. The smallest absolute Gasteiger partial charge is 0.305 e. The van der Waals surface area contributed by atoms with Crippen LogP contribution in [0.2, 0.25) is 0 Å². The third kappa shape index (κ3) is 14.9.